The van der Waals surface area contributed by atoms with E-state index >= 15 is 0 Å². The van der Waals surface area contributed by atoms with Crippen molar-refractivity contribution in [2.45, 2.75) is 18.5 Å². The van der Waals surface area contributed by atoms with Crippen molar-refractivity contribution in [1.29, 1.82) is 0 Å². The molecule has 1 saturated heterocycles. The van der Waals surface area contributed by atoms with Gasteiger partial charge in [0.25, 0.3) is 0 Å². The zero-order chi connectivity index (χ0) is 9.19. The Bertz CT molecular complexity index is 145. The van der Waals surface area contributed by atoms with Crippen molar-refractivity contribution in [1.82, 2.24) is 9.80 Å². The first-order valence-electron chi connectivity index (χ1n) is 4.54. The Morgan fingerprint density at radius 2 is 2.17 bits per heavy atom. The molecule has 0 N–H and O–H groups in total. The van der Waals surface area contributed by atoms with Crippen LogP contribution >= 0.6 is 0 Å². The van der Waals surface area contributed by atoms with Crippen LogP contribution in [0.2, 0.25) is 0 Å². The fourth-order valence-corrected chi connectivity index (χ4v) is 2.00. The highest BCUT2D eigenvalue weighted by Crippen LogP contribution is 2.24. The number of halogens is 1. The summed E-state index contributed by atoms with van der Waals surface area (Å²) < 4.78 is 14.0. The minimum absolute atomic E-state index is 0.553. The van der Waals surface area contributed by atoms with Gasteiger partial charge < -0.3 is 9.80 Å². The van der Waals surface area contributed by atoms with Gasteiger partial charge in [0.1, 0.15) is 5.67 Å². The Balaban J connectivity index is 2.45. The highest BCUT2D eigenvalue weighted by molar-refractivity contribution is 4.88. The monoisotopic (exact) mass is 174 g/mol. The number of nitrogens with zero attached hydrogens (tertiary/aromatic N) is 2. The minimum Gasteiger partial charge on any atom is -0.306 e. The van der Waals surface area contributed by atoms with Gasteiger partial charge in [-0.15, -0.1) is 0 Å². The van der Waals surface area contributed by atoms with E-state index in [-0.39, 0.29) is 0 Å². The SMILES string of the molecule is CN(C)CC1(F)CCCN(C)C1. The number of piperidine rings is 1. The van der Waals surface area contributed by atoms with Gasteiger partial charge in [-0.2, -0.15) is 0 Å². The van der Waals surface area contributed by atoms with Gasteiger partial charge in [-0.05, 0) is 40.5 Å². The number of likely N-dealkylation sites (tertiary alicyclic amines) is 1. The standard InChI is InChI=1S/C9H19FN2/c1-11(2)7-9(10)5-4-6-12(3)8-9/h4-8H2,1-3H3. The van der Waals surface area contributed by atoms with E-state index in [1.165, 1.54) is 0 Å². The van der Waals surface area contributed by atoms with E-state index in [0.29, 0.717) is 13.1 Å². The normalized spacial score (nSPS) is 32.8. The summed E-state index contributed by atoms with van der Waals surface area (Å²) in [5, 5.41) is 0. The van der Waals surface area contributed by atoms with Crippen LogP contribution in [0.3, 0.4) is 0 Å². The molecule has 1 aliphatic heterocycles. The third kappa shape index (κ3) is 2.72. The van der Waals surface area contributed by atoms with Gasteiger partial charge in [0.05, 0.1) is 0 Å². The molecule has 1 atom stereocenters. The first-order valence-corrected chi connectivity index (χ1v) is 4.54. The number of hydrogen-bond acceptors (Lipinski definition) is 2. The van der Waals surface area contributed by atoms with Gasteiger partial charge >= 0.3 is 0 Å². The zero-order valence-electron chi connectivity index (χ0n) is 8.31. The molecule has 0 saturated carbocycles. The summed E-state index contributed by atoms with van der Waals surface area (Å²) in [7, 11) is 5.84. The lowest BCUT2D eigenvalue weighted by molar-refractivity contribution is 0.0360. The van der Waals surface area contributed by atoms with Gasteiger partial charge in [0.2, 0.25) is 0 Å². The quantitative estimate of drug-likeness (QED) is 0.616. The summed E-state index contributed by atoms with van der Waals surface area (Å²) in [5.74, 6) is 0. The highest BCUT2D eigenvalue weighted by atomic mass is 19.1. The maximum absolute atomic E-state index is 14.0. The van der Waals surface area contributed by atoms with Crippen molar-refractivity contribution in [3.63, 3.8) is 0 Å². The van der Waals surface area contributed by atoms with Crippen molar-refractivity contribution < 1.29 is 4.39 Å². The summed E-state index contributed by atoms with van der Waals surface area (Å²) in [6.45, 7) is 2.18. The van der Waals surface area contributed by atoms with Crippen LogP contribution < -0.4 is 0 Å². The first-order chi connectivity index (χ1) is 5.52. The van der Waals surface area contributed by atoms with Crippen molar-refractivity contribution >= 4 is 0 Å². The van der Waals surface area contributed by atoms with Gasteiger partial charge in [-0.3, -0.25) is 0 Å². The summed E-state index contributed by atoms with van der Waals surface area (Å²) in [6.07, 6.45) is 1.70. The Kier molecular flexibility index (Phi) is 3.07. The third-order valence-electron chi connectivity index (χ3n) is 2.32. The summed E-state index contributed by atoms with van der Waals surface area (Å²) in [5.41, 5.74) is -0.976. The van der Waals surface area contributed by atoms with E-state index in [1.807, 2.05) is 26.0 Å². The highest BCUT2D eigenvalue weighted by Gasteiger charge is 2.34. The molecular formula is C9H19FN2. The molecule has 12 heavy (non-hydrogen) atoms. The fraction of sp³-hybridized carbons (Fsp3) is 1.00. The molecule has 1 fully saturated rings. The van der Waals surface area contributed by atoms with Crippen LogP contribution in [-0.4, -0.2) is 56.2 Å². The van der Waals surface area contributed by atoms with Crippen LogP contribution in [0.25, 0.3) is 0 Å². The Morgan fingerprint density at radius 3 is 2.67 bits per heavy atom. The first kappa shape index (κ1) is 9.93. The summed E-state index contributed by atoms with van der Waals surface area (Å²) >= 11 is 0. The van der Waals surface area contributed by atoms with Crippen LogP contribution in [0.1, 0.15) is 12.8 Å². The van der Waals surface area contributed by atoms with Gasteiger partial charge in [0.15, 0.2) is 0 Å². The second kappa shape index (κ2) is 3.71. The van der Waals surface area contributed by atoms with Crippen LogP contribution in [-0.2, 0) is 0 Å². The van der Waals surface area contributed by atoms with E-state index in [0.717, 1.165) is 19.4 Å². The molecule has 0 spiro atoms. The Morgan fingerprint density at radius 1 is 1.50 bits per heavy atom. The molecule has 0 aromatic carbocycles. The van der Waals surface area contributed by atoms with Crippen molar-refractivity contribution in [3.05, 3.63) is 0 Å². The van der Waals surface area contributed by atoms with Crippen LogP contribution in [0.15, 0.2) is 0 Å². The Hall–Kier alpha value is -0.150. The van der Waals surface area contributed by atoms with Crippen LogP contribution in [0.4, 0.5) is 4.39 Å². The van der Waals surface area contributed by atoms with Gasteiger partial charge in [0, 0.05) is 13.1 Å². The number of rotatable bonds is 2. The zero-order valence-corrected chi connectivity index (χ0v) is 8.31. The molecule has 1 unspecified atom stereocenters. The van der Waals surface area contributed by atoms with Crippen molar-refractivity contribution in [2.24, 2.45) is 0 Å². The Labute approximate surface area is 74.3 Å². The lowest BCUT2D eigenvalue weighted by atomic mass is 9.95. The number of hydrogen-bond donors (Lipinski definition) is 0. The topological polar surface area (TPSA) is 6.48 Å². The molecule has 0 aromatic heterocycles. The molecule has 0 aliphatic carbocycles. The third-order valence-corrected chi connectivity index (χ3v) is 2.32. The molecule has 0 aromatic rings. The lowest BCUT2D eigenvalue weighted by Crippen LogP contribution is -2.48. The predicted molar refractivity (Wildman–Crippen MR) is 49.1 cm³/mol. The molecule has 72 valence electrons. The van der Waals surface area contributed by atoms with Crippen LogP contribution in [0.5, 0.6) is 0 Å². The molecular weight excluding hydrogens is 155 g/mol. The molecule has 1 rings (SSSR count). The molecule has 1 heterocycles. The lowest BCUT2D eigenvalue weighted by Gasteiger charge is -2.36. The second-order valence-corrected chi connectivity index (χ2v) is 4.23. The van der Waals surface area contributed by atoms with Crippen LogP contribution in [0, 0.1) is 0 Å². The molecule has 2 nitrogen and oxygen atoms in total. The predicted octanol–water partition coefficient (Wildman–Crippen LogP) is 0.982. The smallest absolute Gasteiger partial charge is 0.136 e. The maximum Gasteiger partial charge on any atom is 0.136 e. The molecule has 0 bridgehead atoms. The van der Waals surface area contributed by atoms with E-state index in [2.05, 4.69) is 4.90 Å². The molecule has 0 amide bonds. The van der Waals surface area contributed by atoms with E-state index in [9.17, 15) is 4.39 Å². The molecule has 3 heteroatoms. The maximum atomic E-state index is 14.0. The summed E-state index contributed by atoms with van der Waals surface area (Å²) in [4.78, 5) is 4.01. The largest absolute Gasteiger partial charge is 0.306 e. The average molecular weight is 174 g/mol. The number of alkyl halides is 1. The summed E-state index contributed by atoms with van der Waals surface area (Å²) in [6, 6.07) is 0. The fourth-order valence-electron chi connectivity index (χ4n) is 2.00. The molecule has 0 radical (unpaired) electrons. The van der Waals surface area contributed by atoms with Crippen molar-refractivity contribution in [2.75, 3.05) is 40.8 Å². The van der Waals surface area contributed by atoms with Gasteiger partial charge in [-0.25, -0.2) is 4.39 Å². The minimum atomic E-state index is -0.976. The van der Waals surface area contributed by atoms with E-state index < -0.39 is 5.67 Å². The van der Waals surface area contributed by atoms with E-state index in [1.54, 1.807) is 0 Å². The van der Waals surface area contributed by atoms with Gasteiger partial charge in [-0.1, -0.05) is 0 Å². The van der Waals surface area contributed by atoms with E-state index in [4.69, 9.17) is 0 Å². The van der Waals surface area contributed by atoms with Crippen molar-refractivity contribution in [3.8, 4) is 0 Å². The average Bonchev–Trinajstić information content (AvgIpc) is 1.82. The molecule has 1 aliphatic rings. The second-order valence-electron chi connectivity index (χ2n) is 4.23.